The van der Waals surface area contributed by atoms with E-state index in [-0.39, 0.29) is 24.3 Å². The van der Waals surface area contributed by atoms with Gasteiger partial charge in [-0.25, -0.2) is 4.39 Å². The van der Waals surface area contributed by atoms with Crippen LogP contribution < -0.4 is 14.8 Å². The number of fused-ring (bicyclic) bond motifs is 1. The summed E-state index contributed by atoms with van der Waals surface area (Å²) in [6.07, 6.45) is 0. The topological polar surface area (TPSA) is 73.3 Å². The highest BCUT2D eigenvalue weighted by molar-refractivity contribution is 7.99. The van der Waals surface area contributed by atoms with Crippen molar-refractivity contribution in [2.24, 2.45) is 0 Å². The fourth-order valence-electron chi connectivity index (χ4n) is 2.48. The van der Waals surface area contributed by atoms with Gasteiger partial charge >= 0.3 is 0 Å². The summed E-state index contributed by atoms with van der Waals surface area (Å²) >= 11 is 1.27. The van der Waals surface area contributed by atoms with Crippen LogP contribution in [0.15, 0.2) is 59.6 Å². The molecule has 0 saturated heterocycles. The molecule has 0 spiro atoms. The first-order valence-electron chi connectivity index (χ1n) is 8.09. The lowest BCUT2D eigenvalue weighted by Gasteiger charge is -2.05. The lowest BCUT2D eigenvalue weighted by atomic mass is 10.1. The Morgan fingerprint density at radius 2 is 1.85 bits per heavy atom. The highest BCUT2D eigenvalue weighted by atomic mass is 32.2. The lowest BCUT2D eigenvalue weighted by Crippen LogP contribution is -2.14. The number of benzene rings is 2. The molecule has 2 aromatic carbocycles. The molecule has 0 aliphatic carbocycles. The van der Waals surface area contributed by atoms with Crippen LogP contribution in [-0.4, -0.2) is 28.7 Å². The fraction of sp³-hybridized carbons (Fsp3) is 0.105. The second-order valence-electron chi connectivity index (χ2n) is 5.67. The maximum absolute atomic E-state index is 12.9. The number of halogens is 1. The van der Waals surface area contributed by atoms with Gasteiger partial charge in [-0.15, -0.1) is 10.2 Å². The Hall–Kier alpha value is -3.13. The zero-order chi connectivity index (χ0) is 18.6. The van der Waals surface area contributed by atoms with Crippen molar-refractivity contribution < 1.29 is 18.7 Å². The van der Waals surface area contributed by atoms with Crippen molar-refractivity contribution in [3.8, 4) is 22.8 Å². The molecule has 8 heteroatoms. The van der Waals surface area contributed by atoms with Crippen molar-refractivity contribution in [3.05, 3.63) is 60.4 Å². The third-order valence-corrected chi connectivity index (χ3v) is 4.71. The van der Waals surface area contributed by atoms with E-state index in [4.69, 9.17) is 9.47 Å². The summed E-state index contributed by atoms with van der Waals surface area (Å²) in [4.78, 5) is 12.0. The minimum Gasteiger partial charge on any atom is -0.454 e. The van der Waals surface area contributed by atoms with E-state index in [0.29, 0.717) is 27.9 Å². The Balaban J connectivity index is 1.35. The normalized spacial score (nSPS) is 12.0. The number of carbonyl (C=O) groups excluding carboxylic acids is 1. The molecule has 136 valence electrons. The van der Waals surface area contributed by atoms with Gasteiger partial charge in [0, 0.05) is 11.3 Å². The van der Waals surface area contributed by atoms with Crippen molar-refractivity contribution in [3.63, 3.8) is 0 Å². The van der Waals surface area contributed by atoms with Gasteiger partial charge in [-0.1, -0.05) is 11.8 Å². The van der Waals surface area contributed by atoms with E-state index in [1.54, 1.807) is 0 Å². The molecule has 6 nitrogen and oxygen atoms in total. The number of hydrogen-bond donors (Lipinski definition) is 1. The van der Waals surface area contributed by atoms with Crippen LogP contribution in [0.1, 0.15) is 0 Å². The number of carbonyl (C=O) groups is 1. The first kappa shape index (κ1) is 17.3. The third-order valence-electron chi connectivity index (χ3n) is 3.79. The Kier molecular flexibility index (Phi) is 4.88. The van der Waals surface area contributed by atoms with Gasteiger partial charge in [0.05, 0.1) is 11.4 Å². The Labute approximate surface area is 158 Å². The van der Waals surface area contributed by atoms with Crippen molar-refractivity contribution >= 4 is 23.4 Å². The molecule has 0 unspecified atom stereocenters. The molecular formula is C19H14FN3O3S. The second-order valence-corrected chi connectivity index (χ2v) is 6.66. The lowest BCUT2D eigenvalue weighted by molar-refractivity contribution is -0.113. The molecular weight excluding hydrogens is 369 g/mol. The summed E-state index contributed by atoms with van der Waals surface area (Å²) in [7, 11) is 0. The summed E-state index contributed by atoms with van der Waals surface area (Å²) in [5.41, 5.74) is 2.12. The van der Waals surface area contributed by atoms with Gasteiger partial charge < -0.3 is 14.8 Å². The Morgan fingerprint density at radius 3 is 2.63 bits per heavy atom. The number of nitrogens with one attached hydrogen (secondary N) is 1. The summed E-state index contributed by atoms with van der Waals surface area (Å²) in [6, 6.07) is 14.8. The summed E-state index contributed by atoms with van der Waals surface area (Å²) in [6.45, 7) is 0.222. The molecule has 4 rings (SSSR count). The van der Waals surface area contributed by atoms with E-state index in [1.807, 2.05) is 30.3 Å². The largest absolute Gasteiger partial charge is 0.454 e. The van der Waals surface area contributed by atoms with Gasteiger partial charge in [-0.2, -0.15) is 0 Å². The van der Waals surface area contributed by atoms with Crippen LogP contribution in [0.2, 0.25) is 0 Å². The zero-order valence-electron chi connectivity index (χ0n) is 14.0. The minimum absolute atomic E-state index is 0.176. The maximum Gasteiger partial charge on any atom is 0.234 e. The molecule has 0 bridgehead atoms. The van der Waals surface area contributed by atoms with Gasteiger partial charge in [0.1, 0.15) is 10.8 Å². The monoisotopic (exact) mass is 383 g/mol. The number of aromatic nitrogens is 2. The number of anilines is 1. The first-order valence-corrected chi connectivity index (χ1v) is 9.08. The highest BCUT2D eigenvalue weighted by Crippen LogP contribution is 2.35. The number of thioether (sulfide) groups is 1. The molecule has 1 amide bonds. The van der Waals surface area contributed by atoms with Gasteiger partial charge in [0.15, 0.2) is 11.5 Å². The van der Waals surface area contributed by atoms with Gasteiger partial charge in [-0.05, 0) is 54.6 Å². The van der Waals surface area contributed by atoms with Crippen LogP contribution >= 0.6 is 11.8 Å². The average Bonchev–Trinajstić information content (AvgIpc) is 3.16. The molecule has 1 aliphatic rings. The maximum atomic E-state index is 12.9. The van der Waals surface area contributed by atoms with Gasteiger partial charge in [0.25, 0.3) is 0 Å². The van der Waals surface area contributed by atoms with Crippen molar-refractivity contribution in [2.45, 2.75) is 5.03 Å². The van der Waals surface area contributed by atoms with Crippen LogP contribution in [0, 0.1) is 5.82 Å². The number of nitrogens with zero attached hydrogens (tertiary/aromatic N) is 2. The summed E-state index contributed by atoms with van der Waals surface area (Å²) in [5, 5.41) is 11.7. The highest BCUT2D eigenvalue weighted by Gasteiger charge is 2.14. The zero-order valence-corrected chi connectivity index (χ0v) is 14.8. The van der Waals surface area contributed by atoms with Crippen LogP contribution in [0.5, 0.6) is 11.5 Å². The van der Waals surface area contributed by atoms with E-state index >= 15 is 0 Å². The Morgan fingerprint density at radius 1 is 1.04 bits per heavy atom. The molecule has 27 heavy (non-hydrogen) atoms. The first-order chi connectivity index (χ1) is 13.2. The van der Waals surface area contributed by atoms with Crippen LogP contribution in [-0.2, 0) is 4.79 Å². The number of ether oxygens (including phenoxy) is 2. The second kappa shape index (κ2) is 7.63. The molecule has 1 aromatic heterocycles. The molecule has 3 aromatic rings. The minimum atomic E-state index is -0.347. The molecule has 2 heterocycles. The SMILES string of the molecule is O=C(CSc1ccc(-c2ccc3c(c2)OCO3)nn1)Nc1ccc(F)cc1. The third kappa shape index (κ3) is 4.17. The molecule has 0 saturated carbocycles. The molecule has 1 N–H and O–H groups in total. The van der Waals surface area contributed by atoms with E-state index < -0.39 is 0 Å². The predicted octanol–water partition coefficient (Wildman–Crippen LogP) is 3.74. The van der Waals surface area contributed by atoms with Crippen LogP contribution in [0.3, 0.4) is 0 Å². The van der Waals surface area contributed by atoms with E-state index in [9.17, 15) is 9.18 Å². The number of amides is 1. The molecule has 0 radical (unpaired) electrons. The van der Waals surface area contributed by atoms with E-state index in [2.05, 4.69) is 15.5 Å². The standard InChI is InChI=1S/C19H14FN3O3S/c20-13-2-4-14(5-3-13)21-18(24)10-27-19-8-6-15(22-23-19)12-1-7-16-17(9-12)26-11-25-16/h1-9H,10-11H2,(H,21,24). The fourth-order valence-corrected chi connectivity index (χ4v) is 3.09. The number of rotatable bonds is 5. The van der Waals surface area contributed by atoms with E-state index in [1.165, 1.54) is 36.0 Å². The summed E-state index contributed by atoms with van der Waals surface area (Å²) in [5.74, 6) is 1.03. The van der Waals surface area contributed by atoms with Crippen LogP contribution in [0.25, 0.3) is 11.3 Å². The van der Waals surface area contributed by atoms with Crippen molar-refractivity contribution in [1.82, 2.24) is 10.2 Å². The van der Waals surface area contributed by atoms with Crippen molar-refractivity contribution in [2.75, 3.05) is 17.9 Å². The van der Waals surface area contributed by atoms with Gasteiger partial charge in [-0.3, -0.25) is 4.79 Å². The number of hydrogen-bond acceptors (Lipinski definition) is 6. The van der Waals surface area contributed by atoms with Gasteiger partial charge in [0.2, 0.25) is 12.7 Å². The molecule has 0 fully saturated rings. The average molecular weight is 383 g/mol. The smallest absolute Gasteiger partial charge is 0.234 e. The van der Waals surface area contributed by atoms with E-state index in [0.717, 1.165) is 5.56 Å². The molecule has 1 aliphatic heterocycles. The van der Waals surface area contributed by atoms with Crippen LogP contribution in [0.4, 0.5) is 10.1 Å². The predicted molar refractivity (Wildman–Crippen MR) is 99.3 cm³/mol. The quantitative estimate of drug-likeness (QED) is 0.677. The Bertz CT molecular complexity index is 965. The summed E-state index contributed by atoms with van der Waals surface area (Å²) < 4.78 is 23.5. The van der Waals surface area contributed by atoms with Crippen molar-refractivity contribution in [1.29, 1.82) is 0 Å². The molecule has 0 atom stereocenters.